The number of hydrogen-bond acceptors (Lipinski definition) is 3. The van der Waals surface area contributed by atoms with E-state index in [0.29, 0.717) is 13.2 Å². The fourth-order valence-electron chi connectivity index (χ4n) is 3.03. The highest BCUT2D eigenvalue weighted by Crippen LogP contribution is 2.27. The highest BCUT2D eigenvalue weighted by Gasteiger charge is 2.06. The van der Waals surface area contributed by atoms with Gasteiger partial charge in [-0.3, -0.25) is 0 Å². The molecule has 0 heterocycles. The number of nitrogens with one attached hydrogen (secondary N) is 1. The van der Waals surface area contributed by atoms with Crippen molar-refractivity contribution in [3.63, 3.8) is 0 Å². The van der Waals surface area contributed by atoms with Gasteiger partial charge in [0, 0.05) is 22.3 Å². The first-order valence-corrected chi connectivity index (χ1v) is 10.7. The Balaban J connectivity index is 1.38. The summed E-state index contributed by atoms with van der Waals surface area (Å²) in [5.41, 5.74) is 2.91. The van der Waals surface area contributed by atoms with Crippen LogP contribution in [0.3, 0.4) is 0 Å². The van der Waals surface area contributed by atoms with Gasteiger partial charge in [0.05, 0.1) is 0 Å². The maximum Gasteiger partial charge on any atom is 0.127 e. The molecule has 0 spiro atoms. The Morgan fingerprint density at radius 1 is 0.774 bits per heavy atom. The summed E-state index contributed by atoms with van der Waals surface area (Å²) in [5, 5.41) is 3.42. The number of ether oxygens (including phenoxy) is 2. The van der Waals surface area contributed by atoms with Gasteiger partial charge in [-0.1, -0.05) is 46.3 Å². The van der Waals surface area contributed by atoms with Crippen molar-refractivity contribution < 1.29 is 13.9 Å². The molecule has 0 amide bonds. The summed E-state index contributed by atoms with van der Waals surface area (Å²) in [6.45, 7) is 0.970. The molecular formula is C26H21BrFNO2. The lowest BCUT2D eigenvalue weighted by atomic mass is 10.2. The molecule has 0 saturated carbocycles. The van der Waals surface area contributed by atoms with Gasteiger partial charge in [0.2, 0.25) is 0 Å². The zero-order chi connectivity index (χ0) is 21.5. The summed E-state index contributed by atoms with van der Waals surface area (Å²) in [6, 6.07) is 29.8. The molecule has 0 unspecified atom stereocenters. The van der Waals surface area contributed by atoms with E-state index in [4.69, 9.17) is 9.47 Å². The maximum atomic E-state index is 13.1. The number of halogens is 2. The topological polar surface area (TPSA) is 30.5 Å². The Bertz CT molecular complexity index is 1120. The molecule has 3 nitrogen and oxygen atoms in total. The van der Waals surface area contributed by atoms with Crippen LogP contribution >= 0.6 is 15.9 Å². The van der Waals surface area contributed by atoms with Crippen molar-refractivity contribution in [2.75, 3.05) is 5.32 Å². The Morgan fingerprint density at radius 2 is 1.48 bits per heavy atom. The minimum Gasteiger partial charge on any atom is -0.489 e. The van der Waals surface area contributed by atoms with Crippen molar-refractivity contribution in [3.05, 3.63) is 118 Å². The van der Waals surface area contributed by atoms with Gasteiger partial charge in [-0.05, 0) is 72.3 Å². The Morgan fingerprint density at radius 3 is 2.23 bits per heavy atom. The lowest BCUT2D eigenvalue weighted by Gasteiger charge is -2.14. The number of hydrogen-bond donors (Lipinski definition) is 1. The van der Waals surface area contributed by atoms with Crippen LogP contribution < -0.4 is 14.8 Å². The molecular weight excluding hydrogens is 457 g/mol. The van der Waals surface area contributed by atoms with E-state index in [1.54, 1.807) is 12.1 Å². The third-order valence-corrected chi connectivity index (χ3v) is 5.14. The number of rotatable bonds is 8. The average molecular weight is 478 g/mol. The molecule has 0 aliphatic carbocycles. The fourth-order valence-corrected chi connectivity index (χ4v) is 3.44. The van der Waals surface area contributed by atoms with E-state index in [9.17, 15) is 4.39 Å². The molecule has 0 saturated heterocycles. The lowest BCUT2D eigenvalue weighted by molar-refractivity contribution is 0.303. The summed E-state index contributed by atoms with van der Waals surface area (Å²) >= 11 is 3.53. The van der Waals surface area contributed by atoms with E-state index in [-0.39, 0.29) is 5.82 Å². The molecule has 156 valence electrons. The van der Waals surface area contributed by atoms with Crippen LogP contribution in [0.25, 0.3) is 0 Å². The SMILES string of the molecule is Fc1ccc(COc2ccc(Br)cc2CNc2ccc(Oc3ccccc3)cc2)cc1. The number of anilines is 1. The molecule has 4 aromatic carbocycles. The third-order valence-electron chi connectivity index (χ3n) is 4.65. The van der Waals surface area contributed by atoms with Gasteiger partial charge in [-0.15, -0.1) is 0 Å². The van der Waals surface area contributed by atoms with Gasteiger partial charge in [0.1, 0.15) is 29.7 Å². The van der Waals surface area contributed by atoms with Crippen LogP contribution in [-0.2, 0) is 13.2 Å². The molecule has 0 bridgehead atoms. The standard InChI is InChI=1S/C26H21BrFNO2/c27-21-8-15-26(30-18-19-6-9-22(28)10-7-19)20(16-21)17-29-23-11-13-25(14-12-23)31-24-4-2-1-3-5-24/h1-16,29H,17-18H2. The fraction of sp³-hybridized carbons (Fsp3) is 0.0769. The van der Waals surface area contributed by atoms with Gasteiger partial charge in [0.25, 0.3) is 0 Å². The van der Waals surface area contributed by atoms with E-state index in [2.05, 4.69) is 21.2 Å². The molecule has 5 heteroatoms. The molecule has 0 aliphatic rings. The van der Waals surface area contributed by atoms with Crippen molar-refractivity contribution >= 4 is 21.6 Å². The Labute approximate surface area is 189 Å². The lowest BCUT2D eigenvalue weighted by Crippen LogP contribution is -2.04. The van der Waals surface area contributed by atoms with Crippen molar-refractivity contribution in [1.82, 2.24) is 0 Å². The van der Waals surface area contributed by atoms with E-state index >= 15 is 0 Å². The second kappa shape index (κ2) is 10.1. The molecule has 0 fully saturated rings. The maximum absolute atomic E-state index is 13.1. The largest absolute Gasteiger partial charge is 0.489 e. The van der Waals surface area contributed by atoms with Gasteiger partial charge in [-0.2, -0.15) is 0 Å². The molecule has 1 N–H and O–H groups in total. The minimum absolute atomic E-state index is 0.252. The van der Waals surface area contributed by atoms with Crippen molar-refractivity contribution in [2.45, 2.75) is 13.2 Å². The summed E-state index contributed by atoms with van der Waals surface area (Å²) in [5.74, 6) is 2.12. The zero-order valence-corrected chi connectivity index (χ0v) is 18.3. The predicted molar refractivity (Wildman–Crippen MR) is 125 cm³/mol. The zero-order valence-electron chi connectivity index (χ0n) is 16.7. The first-order chi connectivity index (χ1) is 15.2. The van der Waals surface area contributed by atoms with Crippen LogP contribution in [0.5, 0.6) is 17.2 Å². The molecule has 4 aromatic rings. The van der Waals surface area contributed by atoms with E-state index < -0.39 is 0 Å². The van der Waals surface area contributed by atoms with Crippen molar-refractivity contribution in [2.24, 2.45) is 0 Å². The average Bonchev–Trinajstić information content (AvgIpc) is 2.80. The van der Waals surface area contributed by atoms with Crippen molar-refractivity contribution in [1.29, 1.82) is 0 Å². The number of benzene rings is 4. The Hall–Kier alpha value is -3.31. The summed E-state index contributed by atoms with van der Waals surface area (Å²) in [4.78, 5) is 0. The van der Waals surface area contributed by atoms with E-state index in [1.807, 2.05) is 72.8 Å². The summed E-state index contributed by atoms with van der Waals surface area (Å²) < 4.78 is 25.9. The van der Waals surface area contributed by atoms with Gasteiger partial charge < -0.3 is 14.8 Å². The smallest absolute Gasteiger partial charge is 0.127 e. The van der Waals surface area contributed by atoms with Crippen molar-refractivity contribution in [3.8, 4) is 17.2 Å². The van der Waals surface area contributed by atoms with E-state index in [1.165, 1.54) is 12.1 Å². The molecule has 4 rings (SSSR count). The first-order valence-electron chi connectivity index (χ1n) is 9.88. The van der Waals surface area contributed by atoms with Crippen LogP contribution in [0.4, 0.5) is 10.1 Å². The van der Waals surface area contributed by atoms with Crippen LogP contribution in [0.2, 0.25) is 0 Å². The van der Waals surface area contributed by atoms with Crippen LogP contribution in [0.1, 0.15) is 11.1 Å². The molecule has 31 heavy (non-hydrogen) atoms. The quantitative estimate of drug-likeness (QED) is 0.283. The molecule has 0 radical (unpaired) electrons. The predicted octanol–water partition coefficient (Wildman–Crippen LogP) is 7.57. The third kappa shape index (κ3) is 6.09. The molecule has 0 aliphatic heterocycles. The summed E-state index contributed by atoms with van der Waals surface area (Å²) in [7, 11) is 0. The monoisotopic (exact) mass is 477 g/mol. The second-order valence-electron chi connectivity index (χ2n) is 6.96. The van der Waals surface area contributed by atoms with Crippen LogP contribution in [0.15, 0.2) is 102 Å². The minimum atomic E-state index is -0.252. The number of para-hydroxylation sites is 1. The second-order valence-corrected chi connectivity index (χ2v) is 7.88. The van der Waals surface area contributed by atoms with Gasteiger partial charge in [-0.25, -0.2) is 4.39 Å². The normalized spacial score (nSPS) is 10.5. The van der Waals surface area contributed by atoms with Crippen LogP contribution in [-0.4, -0.2) is 0 Å². The highest BCUT2D eigenvalue weighted by atomic mass is 79.9. The van der Waals surface area contributed by atoms with Gasteiger partial charge in [0.15, 0.2) is 0 Å². The highest BCUT2D eigenvalue weighted by molar-refractivity contribution is 9.10. The van der Waals surface area contributed by atoms with E-state index in [0.717, 1.165) is 38.5 Å². The van der Waals surface area contributed by atoms with Gasteiger partial charge >= 0.3 is 0 Å². The summed E-state index contributed by atoms with van der Waals surface area (Å²) in [6.07, 6.45) is 0. The Kier molecular flexibility index (Phi) is 6.85. The molecule has 0 aromatic heterocycles. The van der Waals surface area contributed by atoms with Crippen LogP contribution in [0, 0.1) is 5.82 Å². The molecule has 0 atom stereocenters. The first kappa shape index (κ1) is 20.9.